The molecule has 0 heterocycles. The maximum atomic E-state index is 12.3. The number of hydrogen-bond acceptors (Lipinski definition) is 3. The van der Waals surface area contributed by atoms with Crippen LogP contribution in [0.4, 0.5) is 0 Å². The van der Waals surface area contributed by atoms with E-state index >= 15 is 0 Å². The number of rotatable bonds is 8. The number of nitrogens with zero attached hydrogens (tertiary/aromatic N) is 1. The molecule has 0 rings (SSSR count). The monoisotopic (exact) mass is 264 g/mol. The number of hydrogen-bond donors (Lipinski definition) is 1. The summed E-state index contributed by atoms with van der Waals surface area (Å²) in [4.78, 5) is 0. The highest BCUT2D eigenvalue weighted by Crippen LogP contribution is 2.11. The molecule has 1 unspecified atom stereocenters. The third-order valence-corrected chi connectivity index (χ3v) is 4.91. The van der Waals surface area contributed by atoms with E-state index < -0.39 is 10.0 Å². The van der Waals surface area contributed by atoms with Crippen molar-refractivity contribution in [3.63, 3.8) is 0 Å². The van der Waals surface area contributed by atoms with Crippen LogP contribution in [0.5, 0.6) is 0 Å². The Morgan fingerprint density at radius 3 is 2.00 bits per heavy atom. The fourth-order valence-electron chi connectivity index (χ4n) is 1.58. The lowest BCUT2D eigenvalue weighted by atomic mass is 10.2. The predicted octanol–water partition coefficient (Wildman–Crippen LogP) is 1.68. The second-order valence-electron chi connectivity index (χ2n) is 5.26. The second-order valence-corrected chi connectivity index (χ2v) is 7.61. The first-order valence-electron chi connectivity index (χ1n) is 6.44. The van der Waals surface area contributed by atoms with Gasteiger partial charge in [0.2, 0.25) is 10.0 Å². The molecule has 104 valence electrons. The molecule has 0 bridgehead atoms. The number of sulfonamides is 1. The Balaban J connectivity index is 4.60. The lowest BCUT2D eigenvalue weighted by Gasteiger charge is -2.26. The molecule has 0 amide bonds. The van der Waals surface area contributed by atoms with Crippen molar-refractivity contribution < 1.29 is 8.42 Å². The first kappa shape index (κ1) is 16.9. The minimum atomic E-state index is -3.17. The SMILES string of the molecule is CCN(CC(C)C)S(=O)(=O)C(C)CNC(C)C. The summed E-state index contributed by atoms with van der Waals surface area (Å²) in [6, 6.07) is 0.313. The van der Waals surface area contributed by atoms with E-state index in [-0.39, 0.29) is 5.25 Å². The van der Waals surface area contributed by atoms with Gasteiger partial charge in [0.25, 0.3) is 0 Å². The maximum absolute atomic E-state index is 12.3. The van der Waals surface area contributed by atoms with Gasteiger partial charge in [0, 0.05) is 25.7 Å². The Morgan fingerprint density at radius 1 is 1.12 bits per heavy atom. The first-order valence-corrected chi connectivity index (χ1v) is 7.94. The zero-order chi connectivity index (χ0) is 13.6. The molecule has 0 spiro atoms. The molecule has 5 heteroatoms. The normalized spacial score (nSPS) is 14.9. The van der Waals surface area contributed by atoms with Crippen LogP contribution in [-0.4, -0.2) is 43.6 Å². The summed E-state index contributed by atoms with van der Waals surface area (Å²) in [6.07, 6.45) is 0. The first-order chi connectivity index (χ1) is 7.71. The fourth-order valence-corrected chi connectivity index (χ4v) is 3.26. The van der Waals surface area contributed by atoms with E-state index in [1.54, 1.807) is 11.2 Å². The third kappa shape index (κ3) is 5.84. The van der Waals surface area contributed by atoms with Crippen molar-refractivity contribution in [3.8, 4) is 0 Å². The summed E-state index contributed by atoms with van der Waals surface area (Å²) in [6.45, 7) is 13.4. The van der Waals surface area contributed by atoms with Gasteiger partial charge in [-0.3, -0.25) is 0 Å². The maximum Gasteiger partial charge on any atom is 0.217 e. The molecule has 0 aromatic carbocycles. The van der Waals surface area contributed by atoms with Crippen molar-refractivity contribution in [2.75, 3.05) is 19.6 Å². The van der Waals surface area contributed by atoms with Crippen molar-refractivity contribution >= 4 is 10.0 Å². The van der Waals surface area contributed by atoms with E-state index in [9.17, 15) is 8.42 Å². The zero-order valence-corrected chi connectivity index (χ0v) is 12.8. The van der Waals surface area contributed by atoms with E-state index in [2.05, 4.69) is 5.32 Å². The van der Waals surface area contributed by atoms with E-state index in [4.69, 9.17) is 0 Å². The van der Waals surface area contributed by atoms with E-state index in [1.165, 1.54) is 0 Å². The molecular weight excluding hydrogens is 236 g/mol. The second kappa shape index (κ2) is 7.34. The molecule has 0 aromatic heterocycles. The predicted molar refractivity (Wildman–Crippen MR) is 73.6 cm³/mol. The molecule has 0 aliphatic heterocycles. The van der Waals surface area contributed by atoms with E-state index in [1.807, 2.05) is 34.6 Å². The van der Waals surface area contributed by atoms with Crippen LogP contribution in [0.15, 0.2) is 0 Å². The van der Waals surface area contributed by atoms with Crippen LogP contribution in [0.1, 0.15) is 41.5 Å². The van der Waals surface area contributed by atoms with Crippen LogP contribution in [0.2, 0.25) is 0 Å². The summed E-state index contributed by atoms with van der Waals surface area (Å²) in [5.41, 5.74) is 0. The summed E-state index contributed by atoms with van der Waals surface area (Å²) in [7, 11) is -3.17. The molecule has 0 fully saturated rings. The molecule has 0 saturated carbocycles. The average Bonchev–Trinajstić information content (AvgIpc) is 2.21. The Hall–Kier alpha value is -0.130. The molecule has 1 N–H and O–H groups in total. The van der Waals surface area contributed by atoms with Gasteiger partial charge in [-0.15, -0.1) is 0 Å². The molecule has 1 atom stereocenters. The Bertz CT molecular complexity index is 300. The van der Waals surface area contributed by atoms with Gasteiger partial charge in [-0.2, -0.15) is 0 Å². The highest BCUT2D eigenvalue weighted by atomic mass is 32.2. The Morgan fingerprint density at radius 2 is 1.65 bits per heavy atom. The van der Waals surface area contributed by atoms with Crippen LogP contribution in [0.3, 0.4) is 0 Å². The molecule has 0 saturated heterocycles. The average molecular weight is 264 g/mol. The van der Waals surface area contributed by atoms with Gasteiger partial charge in [0.1, 0.15) is 0 Å². The van der Waals surface area contributed by atoms with Crippen molar-refractivity contribution in [2.45, 2.75) is 52.8 Å². The molecule has 0 aromatic rings. The molecule has 17 heavy (non-hydrogen) atoms. The van der Waals surface area contributed by atoms with Gasteiger partial charge < -0.3 is 5.32 Å². The summed E-state index contributed by atoms with van der Waals surface area (Å²) >= 11 is 0. The molecule has 0 radical (unpaired) electrons. The number of nitrogens with one attached hydrogen (secondary N) is 1. The quantitative estimate of drug-likeness (QED) is 0.725. The van der Waals surface area contributed by atoms with Gasteiger partial charge >= 0.3 is 0 Å². The van der Waals surface area contributed by atoms with Crippen LogP contribution in [0, 0.1) is 5.92 Å². The molecular formula is C12H28N2O2S. The Labute approximate surface area is 107 Å². The highest BCUT2D eigenvalue weighted by Gasteiger charge is 2.27. The van der Waals surface area contributed by atoms with Crippen LogP contribution in [0.25, 0.3) is 0 Å². The van der Waals surface area contributed by atoms with Gasteiger partial charge in [-0.1, -0.05) is 34.6 Å². The van der Waals surface area contributed by atoms with Crippen LogP contribution < -0.4 is 5.32 Å². The van der Waals surface area contributed by atoms with Crippen LogP contribution >= 0.6 is 0 Å². The Kier molecular flexibility index (Phi) is 7.28. The summed E-state index contributed by atoms with van der Waals surface area (Å²) < 4.78 is 26.2. The van der Waals surface area contributed by atoms with Crippen molar-refractivity contribution in [2.24, 2.45) is 5.92 Å². The van der Waals surface area contributed by atoms with Gasteiger partial charge in [0.05, 0.1) is 5.25 Å². The van der Waals surface area contributed by atoms with E-state index in [0.717, 1.165) is 0 Å². The van der Waals surface area contributed by atoms with Gasteiger partial charge in [0.15, 0.2) is 0 Å². The molecule has 0 aliphatic rings. The summed E-state index contributed by atoms with van der Waals surface area (Å²) in [5, 5.41) is 2.81. The smallest absolute Gasteiger partial charge is 0.217 e. The van der Waals surface area contributed by atoms with Gasteiger partial charge in [-0.05, 0) is 12.8 Å². The third-order valence-electron chi connectivity index (χ3n) is 2.60. The topological polar surface area (TPSA) is 49.4 Å². The fraction of sp³-hybridized carbons (Fsp3) is 1.00. The van der Waals surface area contributed by atoms with Gasteiger partial charge in [-0.25, -0.2) is 12.7 Å². The largest absolute Gasteiger partial charge is 0.313 e. The lowest BCUT2D eigenvalue weighted by molar-refractivity contribution is 0.374. The van der Waals surface area contributed by atoms with Crippen LogP contribution in [-0.2, 0) is 10.0 Å². The zero-order valence-electron chi connectivity index (χ0n) is 12.0. The van der Waals surface area contributed by atoms with E-state index in [0.29, 0.717) is 31.6 Å². The molecule has 4 nitrogen and oxygen atoms in total. The van der Waals surface area contributed by atoms with Crippen molar-refractivity contribution in [1.82, 2.24) is 9.62 Å². The minimum Gasteiger partial charge on any atom is -0.313 e. The minimum absolute atomic E-state index is 0.313. The van der Waals surface area contributed by atoms with Crippen molar-refractivity contribution in [1.29, 1.82) is 0 Å². The van der Waals surface area contributed by atoms with Crippen molar-refractivity contribution in [3.05, 3.63) is 0 Å². The highest BCUT2D eigenvalue weighted by molar-refractivity contribution is 7.89. The standard InChI is InChI=1S/C12H28N2O2S/c1-7-14(9-10(2)3)17(15,16)12(6)8-13-11(4)5/h10-13H,7-9H2,1-6H3. The lowest BCUT2D eigenvalue weighted by Crippen LogP contribution is -2.44. The summed E-state index contributed by atoms with van der Waals surface area (Å²) in [5.74, 6) is 0.356. The molecule has 0 aliphatic carbocycles.